The van der Waals surface area contributed by atoms with Gasteiger partial charge >= 0.3 is 0 Å². The molecule has 7 nitrogen and oxygen atoms in total. The van der Waals surface area contributed by atoms with Gasteiger partial charge in [-0.2, -0.15) is 4.31 Å². The first-order valence-electron chi connectivity index (χ1n) is 6.70. The third kappa shape index (κ3) is 2.92. The molecule has 0 aliphatic carbocycles. The van der Waals surface area contributed by atoms with Crippen molar-refractivity contribution in [1.29, 1.82) is 0 Å². The summed E-state index contributed by atoms with van der Waals surface area (Å²) in [5.41, 5.74) is 0.974. The Hall–Kier alpha value is -1.51. The minimum absolute atomic E-state index is 0.0333. The highest BCUT2D eigenvalue weighted by atomic mass is 32.2. The fourth-order valence-corrected chi connectivity index (χ4v) is 4.32. The molecule has 1 aliphatic rings. The van der Waals surface area contributed by atoms with Gasteiger partial charge in [-0.25, -0.2) is 8.42 Å². The van der Waals surface area contributed by atoms with Crippen LogP contribution >= 0.6 is 0 Å². The van der Waals surface area contributed by atoms with Gasteiger partial charge in [0.1, 0.15) is 0 Å². The van der Waals surface area contributed by atoms with Gasteiger partial charge in [-0.05, 0) is 38.4 Å². The standard InChI is InChI=1S/C13H19N3O4S/c1-9-6-12(16(17)18)7-13(10(9)2)21(19,20)15-5-4-11(8-15)14-3/h6-7,11,14H,4-5,8H2,1-3H3. The van der Waals surface area contributed by atoms with Gasteiger partial charge in [-0.15, -0.1) is 0 Å². The van der Waals surface area contributed by atoms with Crippen LogP contribution in [0.2, 0.25) is 0 Å². The second-order valence-electron chi connectivity index (χ2n) is 5.28. The Balaban J connectivity index is 2.47. The van der Waals surface area contributed by atoms with Crippen molar-refractivity contribution in [3.8, 4) is 0 Å². The molecule has 0 amide bonds. The zero-order chi connectivity index (χ0) is 15.8. The molecule has 8 heteroatoms. The lowest BCUT2D eigenvalue weighted by atomic mass is 10.1. The summed E-state index contributed by atoms with van der Waals surface area (Å²) in [6.45, 7) is 4.17. The largest absolute Gasteiger partial charge is 0.316 e. The van der Waals surface area contributed by atoms with Crippen LogP contribution < -0.4 is 5.32 Å². The first kappa shape index (κ1) is 15.9. The number of benzene rings is 1. The lowest BCUT2D eigenvalue weighted by Crippen LogP contribution is -2.33. The van der Waals surface area contributed by atoms with E-state index in [1.807, 2.05) is 0 Å². The van der Waals surface area contributed by atoms with Crippen LogP contribution in [0, 0.1) is 24.0 Å². The molecule has 1 heterocycles. The van der Waals surface area contributed by atoms with Gasteiger partial charge in [0.05, 0.1) is 9.82 Å². The van der Waals surface area contributed by atoms with Gasteiger partial charge < -0.3 is 5.32 Å². The van der Waals surface area contributed by atoms with Crippen molar-refractivity contribution in [3.63, 3.8) is 0 Å². The molecule has 0 spiro atoms. The Morgan fingerprint density at radius 2 is 2.05 bits per heavy atom. The van der Waals surface area contributed by atoms with Crippen LogP contribution in [0.5, 0.6) is 0 Å². The first-order chi connectivity index (χ1) is 9.77. The van der Waals surface area contributed by atoms with Crippen molar-refractivity contribution >= 4 is 15.7 Å². The second-order valence-corrected chi connectivity index (χ2v) is 7.19. The fraction of sp³-hybridized carbons (Fsp3) is 0.538. The summed E-state index contributed by atoms with van der Waals surface area (Å²) >= 11 is 0. The van der Waals surface area contributed by atoms with E-state index in [9.17, 15) is 18.5 Å². The van der Waals surface area contributed by atoms with Crippen LogP contribution in [-0.2, 0) is 10.0 Å². The highest BCUT2D eigenvalue weighted by molar-refractivity contribution is 7.89. The van der Waals surface area contributed by atoms with Crippen molar-refractivity contribution in [2.24, 2.45) is 0 Å². The van der Waals surface area contributed by atoms with Gasteiger partial charge in [0.2, 0.25) is 10.0 Å². The molecule has 0 bridgehead atoms. The van der Waals surface area contributed by atoms with Crippen LogP contribution in [0.15, 0.2) is 17.0 Å². The number of likely N-dealkylation sites (N-methyl/N-ethyl adjacent to an activating group) is 1. The van der Waals surface area contributed by atoms with Gasteiger partial charge in [-0.1, -0.05) is 0 Å². The summed E-state index contributed by atoms with van der Waals surface area (Å²) in [5, 5.41) is 14.0. The Morgan fingerprint density at radius 3 is 2.57 bits per heavy atom. The normalized spacial score (nSPS) is 19.9. The van der Waals surface area contributed by atoms with Gasteiger partial charge in [0.15, 0.2) is 0 Å². The summed E-state index contributed by atoms with van der Waals surface area (Å²) in [7, 11) is -1.91. The molecule has 0 radical (unpaired) electrons. The van der Waals surface area contributed by atoms with Crippen LogP contribution in [0.1, 0.15) is 17.5 Å². The maximum atomic E-state index is 12.7. The fourth-order valence-electron chi connectivity index (χ4n) is 2.50. The van der Waals surface area contributed by atoms with Gasteiger partial charge in [-0.3, -0.25) is 10.1 Å². The quantitative estimate of drug-likeness (QED) is 0.666. The second kappa shape index (κ2) is 5.70. The Bertz CT molecular complexity index is 672. The van der Waals surface area contributed by atoms with E-state index in [2.05, 4.69) is 5.32 Å². The molecule has 0 saturated carbocycles. The Labute approximate surface area is 124 Å². The molecule has 1 aromatic carbocycles. The molecule has 1 atom stereocenters. The highest BCUT2D eigenvalue weighted by Crippen LogP contribution is 2.29. The number of nitro groups is 1. The van der Waals surface area contributed by atoms with E-state index in [1.165, 1.54) is 10.4 Å². The summed E-state index contributed by atoms with van der Waals surface area (Å²) in [6, 6.07) is 2.68. The van der Waals surface area contributed by atoms with E-state index in [1.54, 1.807) is 20.9 Å². The Morgan fingerprint density at radius 1 is 1.38 bits per heavy atom. The van der Waals surface area contributed by atoms with Crippen molar-refractivity contribution in [2.75, 3.05) is 20.1 Å². The van der Waals surface area contributed by atoms with E-state index in [-0.39, 0.29) is 16.6 Å². The summed E-state index contributed by atoms with van der Waals surface area (Å²) in [5.74, 6) is 0. The molecule has 0 aromatic heterocycles. The van der Waals surface area contributed by atoms with Crippen LogP contribution in [-0.4, -0.2) is 43.8 Å². The maximum absolute atomic E-state index is 12.7. The average Bonchev–Trinajstić information content (AvgIpc) is 2.90. The molecule has 2 rings (SSSR count). The van der Waals surface area contributed by atoms with Crippen molar-refractivity contribution in [3.05, 3.63) is 33.4 Å². The number of sulfonamides is 1. The molecule has 116 valence electrons. The van der Waals surface area contributed by atoms with Gasteiger partial charge in [0.25, 0.3) is 5.69 Å². The number of nitrogens with zero attached hydrogens (tertiary/aromatic N) is 2. The van der Waals surface area contributed by atoms with Crippen molar-refractivity contribution < 1.29 is 13.3 Å². The van der Waals surface area contributed by atoms with E-state index >= 15 is 0 Å². The monoisotopic (exact) mass is 313 g/mol. The average molecular weight is 313 g/mol. The van der Waals surface area contributed by atoms with E-state index in [0.29, 0.717) is 24.2 Å². The smallest absolute Gasteiger partial charge is 0.271 e. The number of non-ortho nitro benzene ring substituents is 1. The summed E-state index contributed by atoms with van der Waals surface area (Å²) in [6.07, 6.45) is 0.739. The predicted molar refractivity (Wildman–Crippen MR) is 78.8 cm³/mol. The number of hydrogen-bond donors (Lipinski definition) is 1. The van der Waals surface area contributed by atoms with Crippen LogP contribution in [0.4, 0.5) is 5.69 Å². The number of nitro benzene ring substituents is 1. The minimum atomic E-state index is -3.70. The molecular weight excluding hydrogens is 294 g/mol. The number of rotatable bonds is 4. The maximum Gasteiger partial charge on any atom is 0.271 e. The summed E-state index contributed by atoms with van der Waals surface area (Å²) in [4.78, 5) is 10.4. The molecule has 1 aliphatic heterocycles. The topological polar surface area (TPSA) is 92.6 Å². The van der Waals surface area contributed by atoms with E-state index in [4.69, 9.17) is 0 Å². The first-order valence-corrected chi connectivity index (χ1v) is 8.14. The number of nitrogens with one attached hydrogen (secondary N) is 1. The molecule has 1 unspecified atom stereocenters. The summed E-state index contributed by atoms with van der Waals surface area (Å²) < 4.78 is 26.8. The van der Waals surface area contributed by atoms with Crippen molar-refractivity contribution in [2.45, 2.75) is 31.2 Å². The van der Waals surface area contributed by atoms with Gasteiger partial charge in [0, 0.05) is 31.3 Å². The molecule has 1 saturated heterocycles. The van der Waals surface area contributed by atoms with Crippen LogP contribution in [0.3, 0.4) is 0 Å². The number of aryl methyl sites for hydroxylation is 1. The van der Waals surface area contributed by atoms with Crippen LogP contribution in [0.25, 0.3) is 0 Å². The SMILES string of the molecule is CNC1CCN(S(=O)(=O)c2cc([N+](=O)[O-])cc(C)c2C)C1. The lowest BCUT2D eigenvalue weighted by molar-refractivity contribution is -0.385. The zero-order valence-corrected chi connectivity index (χ0v) is 13.1. The zero-order valence-electron chi connectivity index (χ0n) is 12.3. The van der Waals surface area contributed by atoms with Crippen molar-refractivity contribution in [1.82, 2.24) is 9.62 Å². The van der Waals surface area contributed by atoms with E-state index in [0.717, 1.165) is 12.5 Å². The lowest BCUT2D eigenvalue weighted by Gasteiger charge is -2.18. The molecular formula is C13H19N3O4S. The molecule has 1 fully saturated rings. The third-order valence-electron chi connectivity index (χ3n) is 3.99. The molecule has 1 N–H and O–H groups in total. The predicted octanol–water partition coefficient (Wildman–Crippen LogP) is 1.19. The van der Waals surface area contributed by atoms with E-state index < -0.39 is 14.9 Å². The third-order valence-corrected chi connectivity index (χ3v) is 5.98. The molecule has 1 aromatic rings. The minimum Gasteiger partial charge on any atom is -0.316 e. The number of hydrogen-bond acceptors (Lipinski definition) is 5. The Kier molecular flexibility index (Phi) is 4.31. The highest BCUT2D eigenvalue weighted by Gasteiger charge is 2.34. The molecule has 21 heavy (non-hydrogen) atoms.